The fourth-order valence-electron chi connectivity index (χ4n) is 1.92. The summed E-state index contributed by atoms with van der Waals surface area (Å²) >= 11 is 6.24. The first-order valence-electron chi connectivity index (χ1n) is 6.49. The summed E-state index contributed by atoms with van der Waals surface area (Å²) in [5.74, 6) is 1.97. The Balaban J connectivity index is 2.53. The largest absolute Gasteiger partial charge is 0.493 e. The second-order valence-corrected chi connectivity index (χ2v) is 5.47. The standard InChI is InChI=1S/C14H23ClN2O2/c1-10(2)7-11(15)8-16-9-12-14(19-4)13(18-3)5-6-17-12/h5-6,10-11,16H,7-9H2,1-4H3. The van der Waals surface area contributed by atoms with Crippen LogP contribution in [0.2, 0.25) is 0 Å². The number of halogens is 1. The summed E-state index contributed by atoms with van der Waals surface area (Å²) in [6.45, 7) is 5.70. The number of rotatable bonds is 8. The van der Waals surface area contributed by atoms with Crippen LogP contribution < -0.4 is 14.8 Å². The maximum atomic E-state index is 6.24. The number of ether oxygens (including phenoxy) is 2. The van der Waals surface area contributed by atoms with Gasteiger partial charge in [-0.15, -0.1) is 11.6 Å². The Kier molecular flexibility index (Phi) is 6.95. The second kappa shape index (κ2) is 8.23. The van der Waals surface area contributed by atoms with Crippen molar-refractivity contribution in [1.29, 1.82) is 0 Å². The Morgan fingerprint density at radius 3 is 2.63 bits per heavy atom. The Bertz CT molecular complexity index is 386. The van der Waals surface area contributed by atoms with Gasteiger partial charge in [0.1, 0.15) is 0 Å². The second-order valence-electron chi connectivity index (χ2n) is 4.85. The van der Waals surface area contributed by atoms with Crippen LogP contribution in [0.5, 0.6) is 11.5 Å². The monoisotopic (exact) mass is 286 g/mol. The molecular weight excluding hydrogens is 264 g/mol. The molecule has 0 fully saturated rings. The Morgan fingerprint density at radius 1 is 1.32 bits per heavy atom. The topological polar surface area (TPSA) is 43.4 Å². The van der Waals surface area contributed by atoms with E-state index < -0.39 is 0 Å². The van der Waals surface area contributed by atoms with Gasteiger partial charge in [0.05, 0.1) is 19.9 Å². The van der Waals surface area contributed by atoms with E-state index >= 15 is 0 Å². The van der Waals surface area contributed by atoms with Crippen LogP contribution in [-0.2, 0) is 6.54 Å². The molecule has 0 bridgehead atoms. The molecule has 0 saturated carbocycles. The molecular formula is C14H23ClN2O2. The van der Waals surface area contributed by atoms with E-state index in [0.29, 0.717) is 24.0 Å². The van der Waals surface area contributed by atoms with Gasteiger partial charge in [-0.05, 0) is 12.3 Å². The van der Waals surface area contributed by atoms with E-state index in [1.165, 1.54) is 0 Å². The number of hydrogen-bond acceptors (Lipinski definition) is 4. The van der Waals surface area contributed by atoms with Crippen LogP contribution in [0.1, 0.15) is 26.0 Å². The molecule has 1 N–H and O–H groups in total. The first-order valence-corrected chi connectivity index (χ1v) is 6.92. The maximum Gasteiger partial charge on any atom is 0.183 e. The third-order valence-electron chi connectivity index (χ3n) is 2.75. The average molecular weight is 287 g/mol. The van der Waals surface area contributed by atoms with E-state index in [1.807, 2.05) is 0 Å². The van der Waals surface area contributed by atoms with Gasteiger partial charge in [-0.3, -0.25) is 4.98 Å². The first-order chi connectivity index (χ1) is 9.08. The minimum atomic E-state index is 0.136. The van der Waals surface area contributed by atoms with Crippen molar-refractivity contribution in [2.45, 2.75) is 32.2 Å². The summed E-state index contributed by atoms with van der Waals surface area (Å²) in [5, 5.41) is 3.44. The van der Waals surface area contributed by atoms with Gasteiger partial charge in [0.2, 0.25) is 0 Å². The molecule has 108 valence electrons. The zero-order chi connectivity index (χ0) is 14.3. The van der Waals surface area contributed by atoms with Gasteiger partial charge >= 0.3 is 0 Å². The van der Waals surface area contributed by atoms with Crippen LogP contribution in [0.3, 0.4) is 0 Å². The number of nitrogens with zero attached hydrogens (tertiary/aromatic N) is 1. The van der Waals surface area contributed by atoms with Crippen molar-refractivity contribution in [1.82, 2.24) is 10.3 Å². The van der Waals surface area contributed by atoms with Crippen LogP contribution in [-0.4, -0.2) is 31.1 Å². The van der Waals surface area contributed by atoms with E-state index in [0.717, 1.165) is 18.7 Å². The molecule has 0 amide bonds. The van der Waals surface area contributed by atoms with Crippen LogP contribution in [0.25, 0.3) is 0 Å². The van der Waals surface area contributed by atoms with Gasteiger partial charge in [-0.2, -0.15) is 0 Å². The molecule has 0 saturated heterocycles. The lowest BCUT2D eigenvalue weighted by Crippen LogP contribution is -2.24. The quantitative estimate of drug-likeness (QED) is 0.746. The molecule has 1 atom stereocenters. The molecule has 1 heterocycles. The molecule has 0 aromatic carbocycles. The normalized spacial score (nSPS) is 12.5. The van der Waals surface area contributed by atoms with Gasteiger partial charge in [-0.1, -0.05) is 13.8 Å². The van der Waals surface area contributed by atoms with Crippen molar-refractivity contribution in [3.05, 3.63) is 18.0 Å². The summed E-state index contributed by atoms with van der Waals surface area (Å²) in [4.78, 5) is 4.31. The van der Waals surface area contributed by atoms with Crippen molar-refractivity contribution < 1.29 is 9.47 Å². The van der Waals surface area contributed by atoms with E-state index in [-0.39, 0.29) is 5.38 Å². The molecule has 0 radical (unpaired) electrons. The summed E-state index contributed by atoms with van der Waals surface area (Å²) in [6.07, 6.45) is 2.71. The first kappa shape index (κ1) is 16.1. The zero-order valence-electron chi connectivity index (χ0n) is 12.1. The van der Waals surface area contributed by atoms with Crippen LogP contribution in [0, 0.1) is 5.92 Å². The molecule has 0 aliphatic carbocycles. The van der Waals surface area contributed by atoms with Crippen LogP contribution >= 0.6 is 11.6 Å². The molecule has 19 heavy (non-hydrogen) atoms. The van der Waals surface area contributed by atoms with Gasteiger partial charge in [0.25, 0.3) is 0 Å². The van der Waals surface area contributed by atoms with Crippen molar-refractivity contribution in [2.75, 3.05) is 20.8 Å². The van der Waals surface area contributed by atoms with Gasteiger partial charge in [0.15, 0.2) is 11.5 Å². The van der Waals surface area contributed by atoms with Gasteiger partial charge in [-0.25, -0.2) is 0 Å². The van der Waals surface area contributed by atoms with E-state index in [9.17, 15) is 0 Å². The predicted molar refractivity (Wildman–Crippen MR) is 78.1 cm³/mol. The summed E-state index contributed by atoms with van der Waals surface area (Å²) in [6, 6.07) is 1.78. The number of aromatic nitrogens is 1. The lowest BCUT2D eigenvalue weighted by molar-refractivity contribution is 0.348. The lowest BCUT2D eigenvalue weighted by Gasteiger charge is -2.14. The molecule has 5 heteroatoms. The highest BCUT2D eigenvalue weighted by molar-refractivity contribution is 6.20. The van der Waals surface area contributed by atoms with Crippen LogP contribution in [0.15, 0.2) is 12.3 Å². The third-order valence-corrected chi connectivity index (χ3v) is 3.08. The Labute approximate surface area is 120 Å². The highest BCUT2D eigenvalue weighted by Crippen LogP contribution is 2.28. The molecule has 0 aliphatic rings. The lowest BCUT2D eigenvalue weighted by atomic mass is 10.1. The summed E-state index contributed by atoms with van der Waals surface area (Å²) in [5.41, 5.74) is 0.829. The van der Waals surface area contributed by atoms with Crippen LogP contribution in [0.4, 0.5) is 0 Å². The van der Waals surface area contributed by atoms with E-state index in [2.05, 4.69) is 24.1 Å². The molecule has 0 spiro atoms. The molecule has 0 aliphatic heterocycles. The number of nitrogens with one attached hydrogen (secondary N) is 1. The predicted octanol–water partition coefficient (Wildman–Crippen LogP) is 2.84. The Morgan fingerprint density at radius 2 is 2.05 bits per heavy atom. The number of methoxy groups -OCH3 is 2. The fourth-order valence-corrected chi connectivity index (χ4v) is 2.38. The summed E-state index contributed by atoms with van der Waals surface area (Å²) in [7, 11) is 3.23. The number of pyridine rings is 1. The van der Waals surface area contributed by atoms with E-state index in [1.54, 1.807) is 26.5 Å². The summed E-state index contributed by atoms with van der Waals surface area (Å²) < 4.78 is 10.6. The van der Waals surface area contributed by atoms with Crippen molar-refractivity contribution in [2.24, 2.45) is 5.92 Å². The van der Waals surface area contributed by atoms with Gasteiger partial charge in [0, 0.05) is 30.7 Å². The SMILES string of the molecule is COc1ccnc(CNCC(Cl)CC(C)C)c1OC. The number of hydrogen-bond donors (Lipinski definition) is 1. The number of alkyl halides is 1. The zero-order valence-corrected chi connectivity index (χ0v) is 12.8. The highest BCUT2D eigenvalue weighted by atomic mass is 35.5. The molecule has 1 aromatic rings. The highest BCUT2D eigenvalue weighted by Gasteiger charge is 2.12. The minimum absolute atomic E-state index is 0.136. The van der Waals surface area contributed by atoms with Crippen molar-refractivity contribution >= 4 is 11.6 Å². The Hall–Kier alpha value is -1.00. The molecule has 1 aromatic heterocycles. The van der Waals surface area contributed by atoms with Gasteiger partial charge < -0.3 is 14.8 Å². The van der Waals surface area contributed by atoms with Crippen molar-refractivity contribution in [3.8, 4) is 11.5 Å². The van der Waals surface area contributed by atoms with Crippen molar-refractivity contribution in [3.63, 3.8) is 0 Å². The minimum Gasteiger partial charge on any atom is -0.493 e. The molecule has 1 rings (SSSR count). The smallest absolute Gasteiger partial charge is 0.183 e. The average Bonchev–Trinajstić information content (AvgIpc) is 2.37. The maximum absolute atomic E-state index is 6.24. The third kappa shape index (κ3) is 5.25. The molecule has 4 nitrogen and oxygen atoms in total. The van der Waals surface area contributed by atoms with E-state index in [4.69, 9.17) is 21.1 Å². The fraction of sp³-hybridized carbons (Fsp3) is 0.643. The molecule has 1 unspecified atom stereocenters.